The first-order chi connectivity index (χ1) is 10.9. The number of hydrogen-bond donors (Lipinski definition) is 1. The summed E-state index contributed by atoms with van der Waals surface area (Å²) in [7, 11) is 0. The van der Waals surface area contributed by atoms with Gasteiger partial charge < -0.3 is 5.32 Å². The number of aromatic nitrogens is 4. The third-order valence-electron chi connectivity index (χ3n) is 3.72. The van der Waals surface area contributed by atoms with Gasteiger partial charge in [-0.15, -0.1) is 5.10 Å². The Morgan fingerprint density at radius 3 is 2.61 bits per heavy atom. The number of rotatable bonds is 5. The number of thioether (sulfide) groups is 1. The van der Waals surface area contributed by atoms with E-state index in [0.717, 1.165) is 18.5 Å². The van der Waals surface area contributed by atoms with Crippen LogP contribution in [-0.2, 0) is 10.2 Å². The monoisotopic (exact) mass is 331 g/mol. The summed E-state index contributed by atoms with van der Waals surface area (Å²) in [5.41, 5.74) is 2.16. The number of nitrogens with one attached hydrogen (secondary N) is 1. The van der Waals surface area contributed by atoms with Crippen LogP contribution in [0.4, 0.5) is 5.69 Å². The van der Waals surface area contributed by atoms with Crippen molar-refractivity contribution in [2.45, 2.75) is 50.2 Å². The average molecular weight is 331 g/mol. The predicted octanol–water partition coefficient (Wildman–Crippen LogP) is 3.04. The summed E-state index contributed by atoms with van der Waals surface area (Å²) in [5, 5.41) is 15.3. The summed E-state index contributed by atoms with van der Waals surface area (Å²) in [6, 6.07) is 8.40. The summed E-state index contributed by atoms with van der Waals surface area (Å²) in [5.74, 6) is 0.248. The van der Waals surface area contributed by atoms with Crippen molar-refractivity contribution in [2.75, 3.05) is 11.1 Å². The largest absolute Gasteiger partial charge is 0.325 e. The molecule has 0 aliphatic heterocycles. The van der Waals surface area contributed by atoms with Crippen LogP contribution in [0.1, 0.15) is 45.2 Å². The minimum Gasteiger partial charge on any atom is -0.325 e. The van der Waals surface area contributed by atoms with Gasteiger partial charge >= 0.3 is 0 Å². The zero-order valence-electron chi connectivity index (χ0n) is 13.6. The van der Waals surface area contributed by atoms with Crippen LogP contribution in [0, 0.1) is 0 Å². The van der Waals surface area contributed by atoms with Gasteiger partial charge in [0, 0.05) is 5.69 Å². The van der Waals surface area contributed by atoms with Crippen LogP contribution in [0.3, 0.4) is 0 Å². The molecule has 0 radical (unpaired) electrons. The van der Waals surface area contributed by atoms with E-state index in [9.17, 15) is 4.79 Å². The Labute approximate surface area is 140 Å². The summed E-state index contributed by atoms with van der Waals surface area (Å²) in [4.78, 5) is 12.1. The Kier molecular flexibility index (Phi) is 4.39. The predicted molar refractivity (Wildman–Crippen MR) is 90.6 cm³/mol. The van der Waals surface area contributed by atoms with Crippen molar-refractivity contribution in [3.63, 3.8) is 0 Å². The molecule has 0 saturated heterocycles. The second-order valence-corrected chi connectivity index (χ2v) is 7.74. The van der Waals surface area contributed by atoms with Crippen molar-refractivity contribution < 1.29 is 4.79 Å². The fraction of sp³-hybridized carbons (Fsp3) is 0.500. The van der Waals surface area contributed by atoms with Gasteiger partial charge in [-0.3, -0.25) is 4.79 Å². The van der Waals surface area contributed by atoms with Gasteiger partial charge in [0.05, 0.1) is 11.8 Å². The van der Waals surface area contributed by atoms with Crippen molar-refractivity contribution >= 4 is 23.4 Å². The molecule has 2 aromatic rings. The minimum atomic E-state index is -0.0520. The Hall–Kier alpha value is -1.89. The Morgan fingerprint density at radius 1 is 1.30 bits per heavy atom. The highest BCUT2D eigenvalue weighted by atomic mass is 32.2. The summed E-state index contributed by atoms with van der Waals surface area (Å²) in [6.07, 6.45) is 2.23. The molecule has 0 unspecified atom stereocenters. The van der Waals surface area contributed by atoms with E-state index in [-0.39, 0.29) is 11.3 Å². The first kappa shape index (κ1) is 16.0. The Balaban J connectivity index is 1.54. The number of carbonyl (C=O) groups is 1. The first-order valence-corrected chi connectivity index (χ1v) is 8.73. The SMILES string of the molecule is CC(C)(C)c1ccc(NC(=O)CSc2nnnn2C2CC2)cc1. The minimum absolute atomic E-state index is 0.0520. The van der Waals surface area contributed by atoms with Crippen molar-refractivity contribution in [1.29, 1.82) is 0 Å². The number of anilines is 1. The standard InChI is InChI=1S/C16H21N5OS/c1-16(2,3)11-4-6-12(7-5-11)17-14(22)10-23-15-18-19-20-21(15)13-8-9-13/h4-7,13H,8-10H2,1-3H3,(H,17,22). The second-order valence-electron chi connectivity index (χ2n) is 6.80. The molecule has 1 heterocycles. The molecule has 1 N–H and O–H groups in total. The molecular weight excluding hydrogens is 310 g/mol. The molecular formula is C16H21N5OS. The molecule has 1 fully saturated rings. The molecule has 1 aromatic heterocycles. The molecule has 0 spiro atoms. The van der Waals surface area contributed by atoms with E-state index >= 15 is 0 Å². The molecule has 1 saturated carbocycles. The van der Waals surface area contributed by atoms with Crippen molar-refractivity contribution in [1.82, 2.24) is 20.2 Å². The molecule has 0 atom stereocenters. The van der Waals surface area contributed by atoms with Gasteiger partial charge in [-0.05, 0) is 46.4 Å². The van der Waals surface area contributed by atoms with E-state index in [0.29, 0.717) is 17.0 Å². The lowest BCUT2D eigenvalue weighted by Gasteiger charge is -2.19. The molecule has 6 nitrogen and oxygen atoms in total. The third kappa shape index (κ3) is 4.10. The highest BCUT2D eigenvalue weighted by Gasteiger charge is 2.28. The molecule has 1 aromatic carbocycles. The first-order valence-electron chi connectivity index (χ1n) is 7.74. The lowest BCUT2D eigenvalue weighted by atomic mass is 9.87. The summed E-state index contributed by atoms with van der Waals surface area (Å²) < 4.78 is 1.82. The quantitative estimate of drug-likeness (QED) is 0.853. The lowest BCUT2D eigenvalue weighted by Crippen LogP contribution is -2.15. The average Bonchev–Trinajstić information content (AvgIpc) is 3.23. The smallest absolute Gasteiger partial charge is 0.234 e. The van der Waals surface area contributed by atoms with Crippen molar-refractivity contribution in [3.8, 4) is 0 Å². The van der Waals surface area contributed by atoms with Crippen LogP contribution in [0.25, 0.3) is 0 Å². The number of amides is 1. The van der Waals surface area contributed by atoms with Crippen LogP contribution in [0.15, 0.2) is 29.4 Å². The number of hydrogen-bond acceptors (Lipinski definition) is 5. The fourth-order valence-corrected chi connectivity index (χ4v) is 2.95. The summed E-state index contributed by atoms with van der Waals surface area (Å²) >= 11 is 1.37. The number of nitrogens with zero attached hydrogens (tertiary/aromatic N) is 4. The second kappa shape index (κ2) is 6.31. The summed E-state index contributed by atoms with van der Waals surface area (Å²) in [6.45, 7) is 6.50. The van der Waals surface area contributed by atoms with Crippen LogP contribution >= 0.6 is 11.8 Å². The Morgan fingerprint density at radius 2 is 2.00 bits per heavy atom. The highest BCUT2D eigenvalue weighted by Crippen LogP contribution is 2.36. The van der Waals surface area contributed by atoms with Crippen molar-refractivity contribution in [2.24, 2.45) is 0 Å². The Bertz CT molecular complexity index is 685. The fourth-order valence-electron chi connectivity index (χ4n) is 2.21. The highest BCUT2D eigenvalue weighted by molar-refractivity contribution is 7.99. The maximum atomic E-state index is 12.1. The molecule has 0 bridgehead atoms. The molecule has 7 heteroatoms. The number of carbonyl (C=O) groups excluding carboxylic acids is 1. The van der Waals surface area contributed by atoms with Gasteiger partial charge in [0.2, 0.25) is 11.1 Å². The van der Waals surface area contributed by atoms with Crippen LogP contribution in [0.2, 0.25) is 0 Å². The van der Waals surface area contributed by atoms with Crippen LogP contribution in [-0.4, -0.2) is 31.9 Å². The molecule has 3 rings (SSSR count). The van der Waals surface area contributed by atoms with Crippen molar-refractivity contribution in [3.05, 3.63) is 29.8 Å². The normalized spacial score (nSPS) is 14.7. The van der Waals surface area contributed by atoms with E-state index in [1.54, 1.807) is 0 Å². The van der Waals surface area contributed by atoms with Crippen LogP contribution < -0.4 is 5.32 Å². The molecule has 1 aliphatic rings. The van der Waals surface area contributed by atoms with Gasteiger partial charge in [-0.1, -0.05) is 44.7 Å². The molecule has 23 heavy (non-hydrogen) atoms. The molecule has 1 amide bonds. The third-order valence-corrected chi connectivity index (χ3v) is 4.66. The van der Waals surface area contributed by atoms with Gasteiger partial charge in [-0.25, -0.2) is 4.68 Å². The van der Waals surface area contributed by atoms with E-state index in [2.05, 4.69) is 53.7 Å². The zero-order valence-corrected chi connectivity index (χ0v) is 14.4. The lowest BCUT2D eigenvalue weighted by molar-refractivity contribution is -0.113. The number of tetrazole rings is 1. The van der Waals surface area contributed by atoms with E-state index < -0.39 is 0 Å². The van der Waals surface area contributed by atoms with Gasteiger partial charge in [0.15, 0.2) is 0 Å². The van der Waals surface area contributed by atoms with Gasteiger partial charge in [-0.2, -0.15) is 0 Å². The maximum Gasteiger partial charge on any atom is 0.234 e. The van der Waals surface area contributed by atoms with Gasteiger partial charge in [0.25, 0.3) is 0 Å². The molecule has 122 valence electrons. The maximum absolute atomic E-state index is 12.1. The zero-order chi connectivity index (χ0) is 16.4. The number of benzene rings is 1. The topological polar surface area (TPSA) is 72.7 Å². The van der Waals surface area contributed by atoms with E-state index in [1.807, 2.05) is 16.8 Å². The molecule has 1 aliphatic carbocycles. The van der Waals surface area contributed by atoms with Crippen LogP contribution in [0.5, 0.6) is 0 Å². The van der Waals surface area contributed by atoms with E-state index in [4.69, 9.17) is 0 Å². The van der Waals surface area contributed by atoms with E-state index in [1.165, 1.54) is 17.3 Å². The van der Waals surface area contributed by atoms with Gasteiger partial charge in [0.1, 0.15) is 0 Å².